The average Bonchev–Trinajstić information content (AvgIpc) is 2.40. The van der Waals surface area contributed by atoms with E-state index in [1.165, 1.54) is 0 Å². The monoisotopic (exact) mass is 246 g/mol. The SMILES string of the molecule is CC.CCC(=O)[C@@H](N)CCCCN(CC)CC.[HH]. The Kier molecular flexibility index (Phi) is 15.2. The molecule has 0 fully saturated rings. The van der Waals surface area contributed by atoms with Crippen molar-refractivity contribution in [2.45, 2.75) is 66.3 Å². The van der Waals surface area contributed by atoms with E-state index in [4.69, 9.17) is 5.73 Å². The maximum Gasteiger partial charge on any atom is 0.149 e. The third-order valence-electron chi connectivity index (χ3n) is 2.90. The van der Waals surface area contributed by atoms with Crippen molar-refractivity contribution in [1.29, 1.82) is 0 Å². The van der Waals surface area contributed by atoms with E-state index in [1.807, 2.05) is 20.8 Å². The summed E-state index contributed by atoms with van der Waals surface area (Å²) in [6, 6.07) is -0.230. The third-order valence-corrected chi connectivity index (χ3v) is 2.90. The Labute approximate surface area is 109 Å². The summed E-state index contributed by atoms with van der Waals surface area (Å²) in [6.07, 6.45) is 3.61. The van der Waals surface area contributed by atoms with Gasteiger partial charge in [0.1, 0.15) is 5.78 Å². The molecule has 1 atom stereocenters. The van der Waals surface area contributed by atoms with Gasteiger partial charge in [0.15, 0.2) is 0 Å². The van der Waals surface area contributed by atoms with Crippen molar-refractivity contribution in [3.8, 4) is 0 Å². The lowest BCUT2D eigenvalue weighted by atomic mass is 10.0. The summed E-state index contributed by atoms with van der Waals surface area (Å²) in [5.74, 6) is 0.192. The van der Waals surface area contributed by atoms with E-state index in [-0.39, 0.29) is 13.3 Å². The van der Waals surface area contributed by atoms with Gasteiger partial charge in [-0.05, 0) is 32.5 Å². The number of Topliss-reactive ketones (excluding diaryl/α,β-unsaturated/α-hetero) is 1. The molecular formula is C14H34N2O. The largest absolute Gasteiger partial charge is 0.322 e. The van der Waals surface area contributed by atoms with E-state index in [2.05, 4.69) is 18.7 Å². The molecule has 3 heteroatoms. The summed E-state index contributed by atoms with van der Waals surface area (Å²) in [7, 11) is 0. The molecule has 0 unspecified atom stereocenters. The number of carbonyl (C=O) groups excluding carboxylic acids is 1. The zero-order valence-corrected chi connectivity index (χ0v) is 12.5. The van der Waals surface area contributed by atoms with Crippen LogP contribution in [0.1, 0.15) is 61.7 Å². The highest BCUT2D eigenvalue weighted by molar-refractivity contribution is 5.83. The maximum absolute atomic E-state index is 11.2. The number of rotatable bonds is 9. The standard InChI is InChI=1S/C12H26N2O.C2H6.H2/c1-4-12(15)11(13)9-7-8-10-14(5-2)6-3;1-2;/h11H,4-10,13H2,1-3H3;1-2H3;1H/t11-;;/m0../s1. The smallest absolute Gasteiger partial charge is 0.149 e. The molecule has 0 aromatic rings. The summed E-state index contributed by atoms with van der Waals surface area (Å²) in [6.45, 7) is 13.6. The Morgan fingerprint density at radius 3 is 2.12 bits per heavy atom. The van der Waals surface area contributed by atoms with Crippen molar-refractivity contribution < 1.29 is 6.22 Å². The number of carbonyl (C=O) groups is 1. The molecule has 0 aromatic heterocycles. The number of hydrogen-bond acceptors (Lipinski definition) is 3. The van der Waals surface area contributed by atoms with Crippen molar-refractivity contribution in [2.75, 3.05) is 19.6 Å². The quantitative estimate of drug-likeness (QED) is 0.636. The zero-order valence-electron chi connectivity index (χ0n) is 12.5. The van der Waals surface area contributed by atoms with Crippen LogP contribution in [0.25, 0.3) is 0 Å². The second kappa shape index (κ2) is 13.7. The molecule has 0 bridgehead atoms. The highest BCUT2D eigenvalue weighted by atomic mass is 16.1. The van der Waals surface area contributed by atoms with Crippen LogP contribution in [-0.2, 0) is 4.79 Å². The summed E-state index contributed by atoms with van der Waals surface area (Å²) >= 11 is 0. The van der Waals surface area contributed by atoms with Gasteiger partial charge in [-0.3, -0.25) is 4.79 Å². The molecule has 0 aromatic carbocycles. The van der Waals surface area contributed by atoms with Gasteiger partial charge in [-0.1, -0.05) is 41.0 Å². The molecule has 0 aliphatic heterocycles. The van der Waals surface area contributed by atoms with E-state index in [0.29, 0.717) is 6.42 Å². The van der Waals surface area contributed by atoms with Gasteiger partial charge in [-0.25, -0.2) is 0 Å². The van der Waals surface area contributed by atoms with Crippen LogP contribution in [0.2, 0.25) is 0 Å². The minimum atomic E-state index is -0.230. The first-order valence-electron chi connectivity index (χ1n) is 7.16. The topological polar surface area (TPSA) is 46.3 Å². The van der Waals surface area contributed by atoms with Gasteiger partial charge in [-0.15, -0.1) is 0 Å². The molecule has 2 N–H and O–H groups in total. The predicted octanol–water partition coefficient (Wildman–Crippen LogP) is 3.08. The summed E-state index contributed by atoms with van der Waals surface area (Å²) in [4.78, 5) is 13.6. The van der Waals surface area contributed by atoms with Gasteiger partial charge in [-0.2, -0.15) is 0 Å². The second-order valence-corrected chi connectivity index (χ2v) is 3.95. The summed E-state index contributed by atoms with van der Waals surface area (Å²) < 4.78 is 0. The van der Waals surface area contributed by atoms with Gasteiger partial charge in [0.2, 0.25) is 0 Å². The summed E-state index contributed by atoms with van der Waals surface area (Å²) in [5.41, 5.74) is 5.75. The molecule has 0 aliphatic carbocycles. The molecule has 17 heavy (non-hydrogen) atoms. The number of ketones is 1. The van der Waals surface area contributed by atoms with Gasteiger partial charge in [0, 0.05) is 7.85 Å². The Balaban J connectivity index is -0.000000709. The molecule has 0 spiro atoms. The Bertz CT molecular complexity index is 173. The number of nitrogens with zero attached hydrogens (tertiary/aromatic N) is 1. The van der Waals surface area contributed by atoms with Crippen LogP contribution >= 0.6 is 0 Å². The van der Waals surface area contributed by atoms with Crippen LogP contribution in [0.15, 0.2) is 0 Å². The fraction of sp³-hybridized carbons (Fsp3) is 0.929. The van der Waals surface area contributed by atoms with Crippen LogP contribution in [0.4, 0.5) is 0 Å². The lowest BCUT2D eigenvalue weighted by Gasteiger charge is -2.18. The van der Waals surface area contributed by atoms with Crippen LogP contribution in [0, 0.1) is 0 Å². The predicted molar refractivity (Wildman–Crippen MR) is 78.4 cm³/mol. The number of unbranched alkanes of at least 4 members (excludes halogenated alkanes) is 1. The normalized spacial score (nSPS) is 11.9. The molecular weight excluding hydrogens is 212 g/mol. The maximum atomic E-state index is 11.2. The first kappa shape index (κ1) is 18.9. The molecule has 0 rings (SSSR count). The van der Waals surface area contributed by atoms with Gasteiger partial charge in [0.25, 0.3) is 0 Å². The van der Waals surface area contributed by atoms with Crippen LogP contribution in [-0.4, -0.2) is 36.4 Å². The van der Waals surface area contributed by atoms with Crippen LogP contribution in [0.5, 0.6) is 0 Å². The van der Waals surface area contributed by atoms with Crippen LogP contribution in [0.3, 0.4) is 0 Å². The highest BCUT2D eigenvalue weighted by Crippen LogP contribution is 2.03. The minimum absolute atomic E-state index is 0. The Morgan fingerprint density at radius 1 is 1.18 bits per heavy atom. The molecule has 0 heterocycles. The lowest BCUT2D eigenvalue weighted by molar-refractivity contribution is -0.120. The zero-order chi connectivity index (χ0) is 13.7. The molecule has 0 radical (unpaired) electrons. The van der Waals surface area contributed by atoms with E-state index >= 15 is 0 Å². The van der Waals surface area contributed by atoms with E-state index < -0.39 is 0 Å². The fourth-order valence-electron chi connectivity index (χ4n) is 1.66. The molecule has 3 nitrogen and oxygen atoms in total. The average molecular weight is 246 g/mol. The third kappa shape index (κ3) is 10.5. The molecule has 106 valence electrons. The first-order valence-corrected chi connectivity index (χ1v) is 7.16. The van der Waals surface area contributed by atoms with Crippen molar-refractivity contribution in [3.05, 3.63) is 0 Å². The van der Waals surface area contributed by atoms with Gasteiger partial charge in [0.05, 0.1) is 6.04 Å². The van der Waals surface area contributed by atoms with E-state index in [9.17, 15) is 4.79 Å². The van der Waals surface area contributed by atoms with Crippen molar-refractivity contribution >= 4 is 5.78 Å². The molecule has 0 saturated carbocycles. The second-order valence-electron chi connectivity index (χ2n) is 3.95. The van der Waals surface area contributed by atoms with E-state index in [1.54, 1.807) is 0 Å². The van der Waals surface area contributed by atoms with Gasteiger partial charge >= 0.3 is 0 Å². The summed E-state index contributed by atoms with van der Waals surface area (Å²) in [5, 5.41) is 0. The minimum Gasteiger partial charge on any atom is -0.322 e. The van der Waals surface area contributed by atoms with Crippen LogP contribution < -0.4 is 5.73 Å². The molecule has 0 aliphatic rings. The number of hydrogen-bond donors (Lipinski definition) is 1. The highest BCUT2D eigenvalue weighted by Gasteiger charge is 2.10. The number of nitrogens with two attached hydrogens (primary N) is 1. The lowest BCUT2D eigenvalue weighted by Crippen LogP contribution is -2.30. The Hall–Kier alpha value is -0.410. The van der Waals surface area contributed by atoms with Crippen molar-refractivity contribution in [1.82, 2.24) is 4.90 Å². The van der Waals surface area contributed by atoms with E-state index in [0.717, 1.165) is 38.9 Å². The van der Waals surface area contributed by atoms with Crippen molar-refractivity contribution in [2.24, 2.45) is 5.73 Å². The Morgan fingerprint density at radius 2 is 1.71 bits per heavy atom. The fourth-order valence-corrected chi connectivity index (χ4v) is 1.66. The van der Waals surface area contributed by atoms with Gasteiger partial charge < -0.3 is 10.6 Å². The molecule has 0 saturated heterocycles. The van der Waals surface area contributed by atoms with Crippen molar-refractivity contribution in [3.63, 3.8) is 0 Å². The first-order chi connectivity index (χ1) is 8.15. The molecule has 0 amide bonds.